The van der Waals surface area contributed by atoms with E-state index in [0.717, 1.165) is 31.3 Å². The first-order valence-corrected chi connectivity index (χ1v) is 6.20. The van der Waals surface area contributed by atoms with Gasteiger partial charge in [-0.1, -0.05) is 0 Å². The molecule has 0 radical (unpaired) electrons. The van der Waals surface area contributed by atoms with Gasteiger partial charge in [-0.3, -0.25) is 4.79 Å². The SMILES string of the molecule is CN1CCNC(C(=O)NCc2cc(F)ccc2F)C1. The summed E-state index contributed by atoms with van der Waals surface area (Å²) < 4.78 is 26.4. The monoisotopic (exact) mass is 269 g/mol. The molecule has 6 heteroatoms. The van der Waals surface area contributed by atoms with Gasteiger partial charge in [-0.05, 0) is 25.2 Å². The number of benzene rings is 1. The predicted molar refractivity (Wildman–Crippen MR) is 67.5 cm³/mol. The van der Waals surface area contributed by atoms with Gasteiger partial charge in [-0.2, -0.15) is 0 Å². The zero-order valence-electron chi connectivity index (χ0n) is 10.7. The Labute approximate surface area is 110 Å². The molecule has 1 unspecified atom stereocenters. The van der Waals surface area contributed by atoms with Crippen molar-refractivity contribution >= 4 is 5.91 Å². The van der Waals surface area contributed by atoms with E-state index in [4.69, 9.17) is 0 Å². The fourth-order valence-electron chi connectivity index (χ4n) is 2.06. The Kier molecular flexibility index (Phi) is 4.44. The summed E-state index contributed by atoms with van der Waals surface area (Å²) >= 11 is 0. The molecule has 0 bridgehead atoms. The Balaban J connectivity index is 1.91. The second kappa shape index (κ2) is 6.08. The molecular weight excluding hydrogens is 252 g/mol. The predicted octanol–water partition coefficient (Wildman–Crippen LogP) is 0.485. The standard InChI is InChI=1S/C13H17F2N3O/c1-18-5-4-16-12(8-18)13(19)17-7-9-6-10(14)2-3-11(9)15/h2-3,6,12,16H,4-5,7-8H2,1H3,(H,17,19). The lowest BCUT2D eigenvalue weighted by atomic mass is 10.1. The number of piperazine rings is 1. The summed E-state index contributed by atoms with van der Waals surface area (Å²) in [4.78, 5) is 13.9. The molecule has 1 aromatic carbocycles. The number of amides is 1. The summed E-state index contributed by atoms with van der Waals surface area (Å²) in [6.07, 6.45) is 0. The van der Waals surface area contributed by atoms with Gasteiger partial charge in [0.2, 0.25) is 5.91 Å². The average molecular weight is 269 g/mol. The second-order valence-corrected chi connectivity index (χ2v) is 4.72. The van der Waals surface area contributed by atoms with Crippen LogP contribution in [0.15, 0.2) is 18.2 Å². The first kappa shape index (κ1) is 13.9. The molecule has 0 saturated carbocycles. The van der Waals surface area contributed by atoms with Crippen LogP contribution >= 0.6 is 0 Å². The molecule has 4 nitrogen and oxygen atoms in total. The van der Waals surface area contributed by atoms with E-state index >= 15 is 0 Å². The van der Waals surface area contributed by atoms with Gasteiger partial charge < -0.3 is 15.5 Å². The highest BCUT2D eigenvalue weighted by atomic mass is 19.1. The van der Waals surface area contributed by atoms with Gasteiger partial charge in [0.05, 0.1) is 6.04 Å². The molecule has 1 amide bonds. The van der Waals surface area contributed by atoms with Crippen LogP contribution in [0, 0.1) is 11.6 Å². The molecule has 0 aromatic heterocycles. The van der Waals surface area contributed by atoms with Crippen LogP contribution in [0.4, 0.5) is 8.78 Å². The lowest BCUT2D eigenvalue weighted by Gasteiger charge is -2.29. The van der Waals surface area contributed by atoms with E-state index in [0.29, 0.717) is 6.54 Å². The van der Waals surface area contributed by atoms with Crippen LogP contribution in [0.3, 0.4) is 0 Å². The third kappa shape index (κ3) is 3.71. The maximum absolute atomic E-state index is 13.4. The zero-order valence-corrected chi connectivity index (χ0v) is 10.7. The van der Waals surface area contributed by atoms with Crippen molar-refractivity contribution in [3.63, 3.8) is 0 Å². The molecule has 1 heterocycles. The highest BCUT2D eigenvalue weighted by Crippen LogP contribution is 2.09. The van der Waals surface area contributed by atoms with E-state index in [1.165, 1.54) is 0 Å². The molecule has 1 saturated heterocycles. The quantitative estimate of drug-likeness (QED) is 0.839. The maximum atomic E-state index is 13.4. The average Bonchev–Trinajstić information content (AvgIpc) is 2.39. The van der Waals surface area contributed by atoms with Crippen molar-refractivity contribution in [3.8, 4) is 0 Å². The minimum absolute atomic E-state index is 0.00960. The highest BCUT2D eigenvalue weighted by Gasteiger charge is 2.23. The molecule has 2 N–H and O–H groups in total. The lowest BCUT2D eigenvalue weighted by molar-refractivity contribution is -0.124. The Morgan fingerprint density at radius 3 is 3.05 bits per heavy atom. The van der Waals surface area contributed by atoms with Crippen LogP contribution in [-0.4, -0.2) is 43.5 Å². The van der Waals surface area contributed by atoms with Gasteiger partial charge in [-0.15, -0.1) is 0 Å². The van der Waals surface area contributed by atoms with Crippen molar-refractivity contribution in [3.05, 3.63) is 35.4 Å². The molecule has 1 atom stereocenters. The van der Waals surface area contributed by atoms with Crippen molar-refractivity contribution in [1.29, 1.82) is 0 Å². The molecule has 104 valence electrons. The number of carbonyl (C=O) groups excluding carboxylic acids is 1. The molecule has 19 heavy (non-hydrogen) atoms. The Bertz CT molecular complexity index is 467. The van der Waals surface area contributed by atoms with Gasteiger partial charge in [-0.25, -0.2) is 8.78 Å². The van der Waals surface area contributed by atoms with Crippen molar-refractivity contribution in [2.24, 2.45) is 0 Å². The fourth-order valence-corrected chi connectivity index (χ4v) is 2.06. The van der Waals surface area contributed by atoms with E-state index in [2.05, 4.69) is 10.6 Å². The van der Waals surface area contributed by atoms with Gasteiger partial charge in [0.1, 0.15) is 11.6 Å². The minimum atomic E-state index is -0.518. The minimum Gasteiger partial charge on any atom is -0.351 e. The maximum Gasteiger partial charge on any atom is 0.238 e. The van der Waals surface area contributed by atoms with E-state index < -0.39 is 11.6 Å². The first-order chi connectivity index (χ1) is 9.06. The molecule has 0 spiro atoms. The Morgan fingerprint density at radius 2 is 2.32 bits per heavy atom. The van der Waals surface area contributed by atoms with Crippen LogP contribution in [0.25, 0.3) is 0 Å². The smallest absolute Gasteiger partial charge is 0.238 e. The Morgan fingerprint density at radius 1 is 1.53 bits per heavy atom. The van der Waals surface area contributed by atoms with Crippen LogP contribution in [-0.2, 0) is 11.3 Å². The number of nitrogens with one attached hydrogen (secondary N) is 2. The van der Waals surface area contributed by atoms with E-state index in [1.807, 2.05) is 11.9 Å². The molecular formula is C13H17F2N3O. The third-order valence-corrected chi connectivity index (χ3v) is 3.16. The van der Waals surface area contributed by atoms with Crippen LogP contribution in [0.5, 0.6) is 0 Å². The summed E-state index contributed by atoms with van der Waals surface area (Å²) in [5.41, 5.74) is 0.150. The van der Waals surface area contributed by atoms with Crippen LogP contribution in [0.1, 0.15) is 5.56 Å². The van der Waals surface area contributed by atoms with E-state index in [1.54, 1.807) is 0 Å². The number of nitrogens with zero attached hydrogens (tertiary/aromatic N) is 1. The summed E-state index contributed by atoms with van der Waals surface area (Å²) in [5, 5.41) is 5.71. The zero-order chi connectivity index (χ0) is 13.8. The Hall–Kier alpha value is -1.53. The van der Waals surface area contributed by atoms with Crippen LogP contribution in [0.2, 0.25) is 0 Å². The highest BCUT2D eigenvalue weighted by molar-refractivity contribution is 5.82. The lowest BCUT2D eigenvalue weighted by Crippen LogP contribution is -2.55. The topological polar surface area (TPSA) is 44.4 Å². The largest absolute Gasteiger partial charge is 0.351 e. The number of rotatable bonds is 3. The number of halogens is 2. The number of hydrogen-bond acceptors (Lipinski definition) is 3. The molecule has 0 aliphatic carbocycles. The molecule has 1 fully saturated rings. The van der Waals surface area contributed by atoms with Crippen LogP contribution < -0.4 is 10.6 Å². The number of hydrogen-bond donors (Lipinski definition) is 2. The summed E-state index contributed by atoms with van der Waals surface area (Å²) in [5.74, 6) is -1.23. The second-order valence-electron chi connectivity index (χ2n) is 4.72. The van der Waals surface area contributed by atoms with Gasteiger partial charge in [0.25, 0.3) is 0 Å². The third-order valence-electron chi connectivity index (χ3n) is 3.16. The molecule has 1 aliphatic rings. The summed E-state index contributed by atoms with van der Waals surface area (Å²) in [6, 6.07) is 2.90. The molecule has 2 rings (SSSR count). The van der Waals surface area contributed by atoms with Crippen molar-refractivity contribution < 1.29 is 13.6 Å². The summed E-state index contributed by atoms with van der Waals surface area (Å²) in [7, 11) is 1.94. The van der Waals surface area contributed by atoms with Crippen molar-refractivity contribution in [2.75, 3.05) is 26.7 Å². The first-order valence-electron chi connectivity index (χ1n) is 6.20. The molecule has 1 aliphatic heterocycles. The summed E-state index contributed by atoms with van der Waals surface area (Å²) in [6.45, 7) is 2.23. The number of likely N-dealkylation sites (N-methyl/N-ethyl adjacent to an activating group) is 1. The van der Waals surface area contributed by atoms with E-state index in [9.17, 15) is 13.6 Å². The van der Waals surface area contributed by atoms with Gasteiger partial charge in [0, 0.05) is 31.7 Å². The van der Waals surface area contributed by atoms with Crippen molar-refractivity contribution in [2.45, 2.75) is 12.6 Å². The fraction of sp³-hybridized carbons (Fsp3) is 0.462. The van der Waals surface area contributed by atoms with Crippen molar-refractivity contribution in [1.82, 2.24) is 15.5 Å². The van der Waals surface area contributed by atoms with Gasteiger partial charge in [0.15, 0.2) is 0 Å². The number of carbonyl (C=O) groups is 1. The normalized spacial score (nSPS) is 20.3. The molecule has 1 aromatic rings. The van der Waals surface area contributed by atoms with Gasteiger partial charge >= 0.3 is 0 Å². The van der Waals surface area contributed by atoms with E-state index in [-0.39, 0.29) is 24.1 Å².